The number of hydrogen-bond donors (Lipinski definition) is 0. The van der Waals surface area contributed by atoms with Gasteiger partial charge in [0.05, 0.1) is 12.7 Å². The Bertz CT molecular complexity index is 361. The number of hydrogen-bond acceptors (Lipinski definition) is 4. The molecule has 0 aliphatic heterocycles. The van der Waals surface area contributed by atoms with E-state index in [1.165, 1.54) is 11.9 Å². The fraction of sp³-hybridized carbons (Fsp3) is 0.273. The molecule has 0 spiro atoms. The molecule has 0 atom stereocenters. The predicted octanol–water partition coefficient (Wildman–Crippen LogP) is 0.898. The minimum Gasteiger partial charge on any atom is -0.497 e. The Morgan fingerprint density at radius 3 is 2.50 bits per heavy atom. The Labute approximate surface area is 93.6 Å². The van der Waals surface area contributed by atoms with Gasteiger partial charge < -0.3 is 14.4 Å². The molecule has 0 bridgehead atoms. The lowest BCUT2D eigenvalue weighted by Gasteiger charge is -2.10. The van der Waals surface area contributed by atoms with Crippen molar-refractivity contribution in [2.75, 3.05) is 20.9 Å². The van der Waals surface area contributed by atoms with Gasteiger partial charge in [-0.3, -0.25) is 4.79 Å². The summed E-state index contributed by atoms with van der Waals surface area (Å²) in [6.45, 7) is -0.0611. The summed E-state index contributed by atoms with van der Waals surface area (Å²) >= 11 is 0. The maximum atomic E-state index is 11.5. The maximum absolute atomic E-state index is 11.5. The highest BCUT2D eigenvalue weighted by Crippen LogP contribution is 2.11. The highest BCUT2D eigenvalue weighted by atomic mass is 16.5. The first-order valence-electron chi connectivity index (χ1n) is 4.64. The highest BCUT2D eigenvalue weighted by Gasteiger charge is 2.07. The van der Waals surface area contributed by atoms with Crippen molar-refractivity contribution in [2.24, 2.45) is 0 Å². The van der Waals surface area contributed by atoms with E-state index in [0.29, 0.717) is 17.7 Å². The van der Waals surface area contributed by atoms with Crippen LogP contribution in [0.4, 0.5) is 0 Å². The van der Waals surface area contributed by atoms with E-state index in [1.54, 1.807) is 31.4 Å². The van der Waals surface area contributed by atoms with Crippen LogP contribution in [0.5, 0.6) is 5.75 Å². The average molecular weight is 223 g/mol. The minimum atomic E-state index is -0.476. The summed E-state index contributed by atoms with van der Waals surface area (Å²) in [5.74, 6) is 0.193. The number of rotatable bonds is 5. The normalized spacial score (nSPS) is 9.38. The molecule has 0 aromatic heterocycles. The Kier molecular flexibility index (Phi) is 4.32. The zero-order valence-corrected chi connectivity index (χ0v) is 9.17. The first kappa shape index (κ1) is 12.0. The Hall–Kier alpha value is -2.04. The molecule has 1 aromatic rings. The smallest absolute Gasteiger partial charge is 0.339 e. The van der Waals surface area contributed by atoms with E-state index in [2.05, 4.69) is 0 Å². The van der Waals surface area contributed by atoms with Gasteiger partial charge >= 0.3 is 5.97 Å². The molecule has 5 nitrogen and oxygen atoms in total. The molecule has 16 heavy (non-hydrogen) atoms. The third kappa shape index (κ3) is 3.27. The molecule has 0 aliphatic rings. The van der Waals surface area contributed by atoms with Gasteiger partial charge in [-0.1, -0.05) is 0 Å². The number of benzene rings is 1. The molecule has 5 heteroatoms. The van der Waals surface area contributed by atoms with Crippen LogP contribution in [-0.4, -0.2) is 38.2 Å². The van der Waals surface area contributed by atoms with Gasteiger partial charge in [-0.2, -0.15) is 0 Å². The Morgan fingerprint density at radius 1 is 1.38 bits per heavy atom. The summed E-state index contributed by atoms with van der Waals surface area (Å²) in [5, 5.41) is 0. The van der Waals surface area contributed by atoms with Crippen LogP contribution >= 0.6 is 0 Å². The predicted molar refractivity (Wildman–Crippen MR) is 57.1 cm³/mol. The van der Waals surface area contributed by atoms with Crippen LogP contribution in [0.25, 0.3) is 0 Å². The standard InChI is InChI=1S/C11H13NO4/c1-12(7-13)8-16-11(14)9-3-5-10(15-2)6-4-9/h3-7H,8H2,1-2H3. The van der Waals surface area contributed by atoms with E-state index in [0.717, 1.165) is 0 Å². The third-order valence-corrected chi connectivity index (χ3v) is 1.90. The van der Waals surface area contributed by atoms with Crippen LogP contribution in [0.3, 0.4) is 0 Å². The van der Waals surface area contributed by atoms with Gasteiger partial charge in [0.25, 0.3) is 0 Å². The van der Waals surface area contributed by atoms with E-state index in [4.69, 9.17) is 9.47 Å². The minimum absolute atomic E-state index is 0.0611. The molecule has 0 saturated carbocycles. The molecule has 1 aromatic carbocycles. The summed E-state index contributed by atoms with van der Waals surface area (Å²) in [6.07, 6.45) is 0.585. The average Bonchev–Trinajstić information content (AvgIpc) is 2.35. The van der Waals surface area contributed by atoms with E-state index in [1.807, 2.05) is 0 Å². The Balaban J connectivity index is 2.55. The van der Waals surface area contributed by atoms with Crippen molar-refractivity contribution in [3.05, 3.63) is 29.8 Å². The molecular formula is C11H13NO4. The third-order valence-electron chi connectivity index (χ3n) is 1.90. The molecule has 0 unspecified atom stereocenters. The van der Waals surface area contributed by atoms with Crippen LogP contribution in [-0.2, 0) is 9.53 Å². The number of carbonyl (C=O) groups is 2. The number of carbonyl (C=O) groups excluding carboxylic acids is 2. The van der Waals surface area contributed by atoms with E-state index < -0.39 is 5.97 Å². The lowest BCUT2D eigenvalue weighted by molar-refractivity contribution is -0.120. The summed E-state index contributed by atoms with van der Waals surface area (Å²) in [7, 11) is 3.07. The van der Waals surface area contributed by atoms with E-state index >= 15 is 0 Å². The summed E-state index contributed by atoms with van der Waals surface area (Å²) in [4.78, 5) is 22.9. The number of amides is 1. The number of methoxy groups -OCH3 is 1. The second-order valence-electron chi connectivity index (χ2n) is 3.15. The molecule has 0 heterocycles. The van der Waals surface area contributed by atoms with Crippen molar-refractivity contribution in [3.63, 3.8) is 0 Å². The van der Waals surface area contributed by atoms with Gasteiger partial charge in [-0.05, 0) is 24.3 Å². The van der Waals surface area contributed by atoms with Gasteiger partial charge in [0.1, 0.15) is 5.75 Å². The molecule has 1 rings (SSSR count). The molecule has 0 radical (unpaired) electrons. The number of esters is 1. The largest absolute Gasteiger partial charge is 0.497 e. The zero-order chi connectivity index (χ0) is 12.0. The van der Waals surface area contributed by atoms with Crippen molar-refractivity contribution in [1.82, 2.24) is 4.90 Å². The second-order valence-corrected chi connectivity index (χ2v) is 3.15. The highest BCUT2D eigenvalue weighted by molar-refractivity contribution is 5.89. The van der Waals surface area contributed by atoms with Gasteiger partial charge in [0.2, 0.25) is 6.41 Å². The number of nitrogens with zero attached hydrogens (tertiary/aromatic N) is 1. The first-order chi connectivity index (χ1) is 7.67. The van der Waals surface area contributed by atoms with Crippen LogP contribution < -0.4 is 4.74 Å². The van der Waals surface area contributed by atoms with Crippen molar-refractivity contribution in [1.29, 1.82) is 0 Å². The van der Waals surface area contributed by atoms with E-state index in [-0.39, 0.29) is 6.73 Å². The molecule has 1 amide bonds. The van der Waals surface area contributed by atoms with Crippen LogP contribution in [0.1, 0.15) is 10.4 Å². The lowest BCUT2D eigenvalue weighted by atomic mass is 10.2. The summed E-state index contributed by atoms with van der Waals surface area (Å²) < 4.78 is 9.83. The van der Waals surface area contributed by atoms with Gasteiger partial charge in [0, 0.05) is 7.05 Å². The molecule has 0 fully saturated rings. The van der Waals surface area contributed by atoms with Gasteiger partial charge in [-0.15, -0.1) is 0 Å². The summed E-state index contributed by atoms with van der Waals surface area (Å²) in [5.41, 5.74) is 0.417. The van der Waals surface area contributed by atoms with Crippen molar-refractivity contribution < 1.29 is 19.1 Å². The lowest BCUT2D eigenvalue weighted by Crippen LogP contribution is -2.22. The molecule has 0 aliphatic carbocycles. The van der Waals surface area contributed by atoms with Crippen molar-refractivity contribution in [3.8, 4) is 5.75 Å². The topological polar surface area (TPSA) is 55.8 Å². The Morgan fingerprint density at radius 2 is 2.00 bits per heavy atom. The number of ether oxygens (including phenoxy) is 2. The molecule has 0 N–H and O–H groups in total. The van der Waals surface area contributed by atoms with E-state index in [9.17, 15) is 9.59 Å². The van der Waals surface area contributed by atoms with Crippen molar-refractivity contribution >= 4 is 12.4 Å². The maximum Gasteiger partial charge on any atom is 0.339 e. The summed E-state index contributed by atoms with van der Waals surface area (Å²) in [6, 6.07) is 6.53. The zero-order valence-electron chi connectivity index (χ0n) is 9.17. The van der Waals surface area contributed by atoms with Crippen LogP contribution in [0.15, 0.2) is 24.3 Å². The molecule has 0 saturated heterocycles. The SMILES string of the molecule is COc1ccc(C(=O)OCN(C)C=O)cc1. The fourth-order valence-electron chi connectivity index (χ4n) is 1.00. The van der Waals surface area contributed by atoms with Crippen molar-refractivity contribution in [2.45, 2.75) is 0 Å². The quantitative estimate of drug-likeness (QED) is 0.423. The fourth-order valence-corrected chi connectivity index (χ4v) is 1.00. The molecule has 86 valence electrons. The van der Waals surface area contributed by atoms with Crippen LogP contribution in [0.2, 0.25) is 0 Å². The van der Waals surface area contributed by atoms with Gasteiger partial charge in [0.15, 0.2) is 6.73 Å². The second kappa shape index (κ2) is 5.75. The van der Waals surface area contributed by atoms with Gasteiger partial charge in [-0.25, -0.2) is 4.79 Å². The van der Waals surface area contributed by atoms with Crippen LogP contribution in [0, 0.1) is 0 Å². The first-order valence-corrected chi connectivity index (χ1v) is 4.64. The molecular weight excluding hydrogens is 210 g/mol. The monoisotopic (exact) mass is 223 g/mol.